The standard InChI is InChI=1S/C24H18N4O2/c1-15-11-13-17(14-12-15)28-23(24(29)30-26-28)20-22-21(16-7-3-2-4-8-16)27(22)19-10-6-5-9-18(19)25-20/h2-14,21-22H,1H3/p+1. The van der Waals surface area contributed by atoms with Crippen LogP contribution in [0.25, 0.3) is 5.69 Å². The summed E-state index contributed by atoms with van der Waals surface area (Å²) in [4.78, 5) is 20.0. The highest BCUT2D eigenvalue weighted by Gasteiger charge is 2.57. The van der Waals surface area contributed by atoms with Crippen LogP contribution in [0.3, 0.4) is 0 Å². The predicted molar refractivity (Wildman–Crippen MR) is 114 cm³/mol. The molecule has 0 amide bonds. The zero-order valence-electron chi connectivity index (χ0n) is 16.3. The number of rotatable bonds is 3. The Morgan fingerprint density at radius 2 is 1.67 bits per heavy atom. The van der Waals surface area contributed by atoms with Gasteiger partial charge < -0.3 is 4.90 Å². The average molecular weight is 395 g/mol. The Morgan fingerprint density at radius 1 is 0.933 bits per heavy atom. The summed E-state index contributed by atoms with van der Waals surface area (Å²) in [7, 11) is 0. The molecule has 3 heterocycles. The highest BCUT2D eigenvalue weighted by Crippen LogP contribution is 2.54. The SMILES string of the molecule is Cc1ccc(-[n+]2[nH]oc(=O)c2C2=Nc3ccccc3N3C2C3c2ccccc2)cc1. The molecule has 0 saturated carbocycles. The van der Waals surface area contributed by atoms with Crippen LogP contribution in [0.4, 0.5) is 11.4 Å². The third kappa shape index (κ3) is 2.47. The number of fused-ring (bicyclic) bond motifs is 3. The number of aryl methyl sites for hydroxylation is 1. The van der Waals surface area contributed by atoms with Crippen molar-refractivity contribution in [2.45, 2.75) is 19.0 Å². The number of aromatic amines is 1. The van der Waals surface area contributed by atoms with Crippen molar-refractivity contribution in [2.75, 3.05) is 4.90 Å². The molecule has 1 fully saturated rings. The van der Waals surface area contributed by atoms with Gasteiger partial charge in [0.1, 0.15) is 11.8 Å². The first-order valence-electron chi connectivity index (χ1n) is 9.94. The lowest BCUT2D eigenvalue weighted by Gasteiger charge is -2.14. The quantitative estimate of drug-likeness (QED) is 0.426. The fraction of sp³-hybridized carbons (Fsp3) is 0.125. The molecule has 0 bridgehead atoms. The Hall–Kier alpha value is -3.93. The van der Waals surface area contributed by atoms with Gasteiger partial charge in [-0.05, 0) is 34.6 Å². The Kier molecular flexibility index (Phi) is 3.56. The van der Waals surface area contributed by atoms with Gasteiger partial charge in [0.2, 0.25) is 5.69 Å². The number of hydrogen-bond donors (Lipinski definition) is 1. The van der Waals surface area contributed by atoms with E-state index in [0.717, 1.165) is 28.3 Å². The Bertz CT molecular complexity index is 1330. The van der Waals surface area contributed by atoms with E-state index in [1.54, 1.807) is 4.68 Å². The fourth-order valence-corrected chi connectivity index (χ4v) is 4.34. The summed E-state index contributed by atoms with van der Waals surface area (Å²) in [5.74, 6) is 0. The third-order valence-corrected chi connectivity index (χ3v) is 5.81. The summed E-state index contributed by atoms with van der Waals surface area (Å²) in [6.45, 7) is 2.03. The predicted octanol–water partition coefficient (Wildman–Crippen LogP) is 3.62. The lowest BCUT2D eigenvalue weighted by atomic mass is 10.1. The molecule has 6 rings (SSSR count). The largest absolute Gasteiger partial charge is 0.437 e. The fourth-order valence-electron chi connectivity index (χ4n) is 4.34. The molecular formula is C24H19N4O2+. The number of aromatic nitrogens is 2. The van der Waals surface area contributed by atoms with Crippen LogP contribution >= 0.6 is 0 Å². The molecule has 30 heavy (non-hydrogen) atoms. The van der Waals surface area contributed by atoms with Crippen LogP contribution in [0.2, 0.25) is 0 Å². The van der Waals surface area contributed by atoms with Crippen molar-refractivity contribution in [1.82, 2.24) is 5.27 Å². The van der Waals surface area contributed by atoms with Gasteiger partial charge in [-0.25, -0.2) is 9.79 Å². The number of anilines is 1. The van der Waals surface area contributed by atoms with Crippen LogP contribution in [0.15, 0.2) is 93.2 Å². The third-order valence-electron chi connectivity index (χ3n) is 5.81. The lowest BCUT2D eigenvalue weighted by molar-refractivity contribution is -0.671. The van der Waals surface area contributed by atoms with Crippen molar-refractivity contribution in [3.8, 4) is 5.69 Å². The van der Waals surface area contributed by atoms with E-state index >= 15 is 0 Å². The Balaban J connectivity index is 1.54. The van der Waals surface area contributed by atoms with Gasteiger partial charge in [-0.3, -0.25) is 4.52 Å². The highest BCUT2D eigenvalue weighted by molar-refractivity contribution is 6.12. The molecule has 2 aliphatic heterocycles. The van der Waals surface area contributed by atoms with E-state index in [4.69, 9.17) is 9.52 Å². The molecule has 0 aliphatic carbocycles. The van der Waals surface area contributed by atoms with Gasteiger partial charge in [0.25, 0.3) is 0 Å². The smallest absolute Gasteiger partial charge is 0.349 e. The van der Waals surface area contributed by atoms with E-state index < -0.39 is 5.63 Å². The van der Waals surface area contributed by atoms with Crippen LogP contribution < -0.4 is 15.2 Å². The average Bonchev–Trinajstić information content (AvgIpc) is 3.43. The summed E-state index contributed by atoms with van der Waals surface area (Å²) < 4.78 is 6.90. The van der Waals surface area contributed by atoms with Gasteiger partial charge in [0.05, 0.1) is 17.4 Å². The maximum atomic E-state index is 12.8. The minimum absolute atomic E-state index is 0.0160. The van der Waals surface area contributed by atoms with Gasteiger partial charge in [0.15, 0.2) is 0 Å². The van der Waals surface area contributed by atoms with Crippen molar-refractivity contribution in [3.63, 3.8) is 0 Å². The van der Waals surface area contributed by atoms with Gasteiger partial charge >= 0.3 is 11.3 Å². The molecule has 0 spiro atoms. The minimum Gasteiger partial charge on any atom is -0.349 e. The van der Waals surface area contributed by atoms with Gasteiger partial charge in [-0.2, -0.15) is 0 Å². The molecule has 6 nitrogen and oxygen atoms in total. The van der Waals surface area contributed by atoms with Crippen molar-refractivity contribution < 1.29 is 9.20 Å². The number of nitrogens with zero attached hydrogens (tertiary/aromatic N) is 3. The normalized spacial score (nSPS) is 19.1. The van der Waals surface area contributed by atoms with Gasteiger partial charge in [-0.15, -0.1) is 0 Å². The first-order valence-corrected chi connectivity index (χ1v) is 9.94. The highest BCUT2D eigenvalue weighted by atomic mass is 16.5. The molecule has 146 valence electrons. The summed E-state index contributed by atoms with van der Waals surface area (Å²) in [5, 5.41) is 2.75. The number of hydrogen-bond acceptors (Lipinski definition) is 4. The maximum absolute atomic E-state index is 12.8. The summed E-state index contributed by atoms with van der Waals surface area (Å²) in [5.41, 5.74) is 5.85. The number of benzene rings is 3. The zero-order valence-corrected chi connectivity index (χ0v) is 16.3. The summed E-state index contributed by atoms with van der Waals surface area (Å²) >= 11 is 0. The molecule has 6 heteroatoms. The Morgan fingerprint density at radius 3 is 2.47 bits per heavy atom. The summed E-state index contributed by atoms with van der Waals surface area (Å²) in [6, 6.07) is 26.4. The van der Waals surface area contributed by atoms with Gasteiger partial charge in [0, 0.05) is 12.1 Å². The van der Waals surface area contributed by atoms with Crippen LogP contribution in [0.5, 0.6) is 0 Å². The van der Waals surface area contributed by atoms with E-state index in [-0.39, 0.29) is 12.1 Å². The minimum atomic E-state index is -0.424. The van der Waals surface area contributed by atoms with Crippen molar-refractivity contribution >= 4 is 17.1 Å². The lowest BCUT2D eigenvalue weighted by Crippen LogP contribution is -2.43. The number of aliphatic imine (C=N–C) groups is 1. The van der Waals surface area contributed by atoms with E-state index in [0.29, 0.717) is 5.69 Å². The van der Waals surface area contributed by atoms with Crippen molar-refractivity contribution in [3.05, 3.63) is 106 Å². The van der Waals surface area contributed by atoms with Crippen LogP contribution in [-0.4, -0.2) is 17.0 Å². The molecule has 2 unspecified atom stereocenters. The van der Waals surface area contributed by atoms with E-state index in [9.17, 15) is 4.79 Å². The molecule has 4 aromatic rings. The van der Waals surface area contributed by atoms with Crippen LogP contribution in [0, 0.1) is 6.92 Å². The van der Waals surface area contributed by atoms with Crippen LogP contribution in [-0.2, 0) is 0 Å². The topological polar surface area (TPSA) is 65.2 Å². The molecule has 2 atom stereocenters. The second-order valence-electron chi connectivity index (χ2n) is 7.69. The Labute approximate surface area is 172 Å². The van der Waals surface area contributed by atoms with E-state index in [2.05, 4.69) is 28.4 Å². The summed E-state index contributed by atoms with van der Waals surface area (Å²) in [6.07, 6.45) is 0. The zero-order chi connectivity index (χ0) is 20.2. The second kappa shape index (κ2) is 6.29. The van der Waals surface area contributed by atoms with E-state index in [1.807, 2.05) is 67.6 Å². The molecule has 1 saturated heterocycles. The van der Waals surface area contributed by atoms with E-state index in [1.165, 1.54) is 5.56 Å². The number of H-pyrrole nitrogens is 1. The van der Waals surface area contributed by atoms with Crippen molar-refractivity contribution in [2.24, 2.45) is 4.99 Å². The first-order chi connectivity index (χ1) is 14.7. The maximum Gasteiger partial charge on any atom is 0.437 e. The molecule has 1 aromatic heterocycles. The molecular weight excluding hydrogens is 376 g/mol. The number of nitrogens with one attached hydrogen (secondary N) is 1. The first kappa shape index (κ1) is 17.0. The number of para-hydroxylation sites is 2. The van der Waals surface area contributed by atoms with Crippen molar-refractivity contribution in [1.29, 1.82) is 0 Å². The molecule has 0 radical (unpaired) electrons. The second-order valence-corrected chi connectivity index (χ2v) is 7.69. The molecule has 1 N–H and O–H groups in total. The molecule has 2 aliphatic rings. The molecule has 3 aromatic carbocycles. The van der Waals surface area contributed by atoms with Crippen LogP contribution in [0.1, 0.15) is 22.9 Å². The monoisotopic (exact) mass is 395 g/mol. The van der Waals surface area contributed by atoms with Gasteiger partial charge in [-0.1, -0.05) is 60.2 Å².